The molecule has 0 radical (unpaired) electrons. The zero-order valence-electron chi connectivity index (χ0n) is 7.37. The smallest absolute Gasteiger partial charge is 0.208 e. The van der Waals surface area contributed by atoms with Gasteiger partial charge in [0, 0.05) is 0 Å². The highest BCUT2D eigenvalue weighted by Gasteiger charge is 2.19. The molecule has 0 aliphatic carbocycles. The minimum atomic E-state index is 0.362. The molecule has 2 nitrogen and oxygen atoms in total. The van der Waals surface area contributed by atoms with Crippen LogP contribution in [0.3, 0.4) is 0 Å². The third-order valence-electron chi connectivity index (χ3n) is 1.77. The number of aliphatic imine (C=N–C) groups is 1. The zero-order chi connectivity index (χ0) is 8.27. The molecule has 2 heteroatoms. The van der Waals surface area contributed by atoms with E-state index in [0.29, 0.717) is 12.0 Å². The second kappa shape index (κ2) is 3.56. The molecule has 0 unspecified atom stereocenters. The first kappa shape index (κ1) is 8.31. The van der Waals surface area contributed by atoms with Gasteiger partial charge in [-0.25, -0.2) is 4.99 Å². The first-order valence-electron chi connectivity index (χ1n) is 4.07. The Kier molecular flexibility index (Phi) is 2.69. The molecule has 0 N–H and O–H groups in total. The van der Waals surface area contributed by atoms with E-state index >= 15 is 0 Å². The third-order valence-corrected chi connectivity index (χ3v) is 1.77. The Morgan fingerprint density at radius 1 is 1.64 bits per heavy atom. The van der Waals surface area contributed by atoms with Crippen molar-refractivity contribution in [3.05, 3.63) is 12.2 Å². The van der Waals surface area contributed by atoms with Crippen LogP contribution in [0.1, 0.15) is 20.8 Å². The molecule has 11 heavy (non-hydrogen) atoms. The maximum atomic E-state index is 5.33. The van der Waals surface area contributed by atoms with Gasteiger partial charge in [-0.2, -0.15) is 0 Å². The fraction of sp³-hybridized carbons (Fsp3) is 0.667. The van der Waals surface area contributed by atoms with Gasteiger partial charge in [0.25, 0.3) is 0 Å². The predicted octanol–water partition coefficient (Wildman–Crippen LogP) is 2.02. The molecule has 0 saturated carbocycles. The highest BCUT2D eigenvalue weighted by Crippen LogP contribution is 2.13. The van der Waals surface area contributed by atoms with E-state index in [4.69, 9.17) is 4.74 Å². The van der Waals surface area contributed by atoms with Crippen LogP contribution in [0.2, 0.25) is 0 Å². The molecule has 1 heterocycles. The molecule has 1 rings (SSSR count). The second-order valence-corrected chi connectivity index (χ2v) is 3.09. The molecule has 0 fully saturated rings. The molecule has 0 saturated heterocycles. The average molecular weight is 153 g/mol. The summed E-state index contributed by atoms with van der Waals surface area (Å²) in [4.78, 5) is 4.38. The van der Waals surface area contributed by atoms with Crippen molar-refractivity contribution in [3.63, 3.8) is 0 Å². The molecule has 1 aliphatic heterocycles. The largest absolute Gasteiger partial charge is 0.476 e. The van der Waals surface area contributed by atoms with Crippen LogP contribution in [-0.2, 0) is 4.74 Å². The van der Waals surface area contributed by atoms with Gasteiger partial charge in [-0.15, -0.1) is 0 Å². The highest BCUT2D eigenvalue weighted by atomic mass is 16.5. The molecule has 0 bridgehead atoms. The van der Waals surface area contributed by atoms with E-state index in [1.165, 1.54) is 0 Å². The van der Waals surface area contributed by atoms with Gasteiger partial charge in [0.2, 0.25) is 5.90 Å². The Balaban J connectivity index is 2.54. The van der Waals surface area contributed by atoms with Crippen molar-refractivity contribution >= 4 is 5.90 Å². The summed E-state index contributed by atoms with van der Waals surface area (Å²) in [5.74, 6) is 1.36. The first-order valence-corrected chi connectivity index (χ1v) is 4.07. The van der Waals surface area contributed by atoms with Crippen LogP contribution in [0.25, 0.3) is 0 Å². The zero-order valence-corrected chi connectivity index (χ0v) is 7.37. The number of hydrogen-bond donors (Lipinski definition) is 0. The number of ether oxygens (including phenoxy) is 1. The van der Waals surface area contributed by atoms with Gasteiger partial charge >= 0.3 is 0 Å². The Morgan fingerprint density at radius 3 is 2.82 bits per heavy atom. The fourth-order valence-electron chi connectivity index (χ4n) is 0.984. The minimum absolute atomic E-state index is 0.362. The summed E-state index contributed by atoms with van der Waals surface area (Å²) in [7, 11) is 0. The summed E-state index contributed by atoms with van der Waals surface area (Å²) in [6.07, 6.45) is 3.85. The standard InChI is InChI=1S/C9H15NO/c1-4-5-9-10-8(6-11-9)7(2)3/h4-5,7-8H,6H2,1-3H3/b5-4+/t8-/m1/s1. The van der Waals surface area contributed by atoms with E-state index in [-0.39, 0.29) is 0 Å². The second-order valence-electron chi connectivity index (χ2n) is 3.09. The highest BCUT2D eigenvalue weighted by molar-refractivity contribution is 5.88. The summed E-state index contributed by atoms with van der Waals surface area (Å²) in [5.41, 5.74) is 0. The van der Waals surface area contributed by atoms with Crippen molar-refractivity contribution in [2.24, 2.45) is 10.9 Å². The Hall–Kier alpha value is -0.790. The van der Waals surface area contributed by atoms with Crippen molar-refractivity contribution in [1.29, 1.82) is 0 Å². The lowest BCUT2D eigenvalue weighted by Gasteiger charge is -2.06. The molecule has 0 aromatic heterocycles. The van der Waals surface area contributed by atoms with E-state index in [1.807, 2.05) is 19.1 Å². The van der Waals surface area contributed by atoms with E-state index in [9.17, 15) is 0 Å². The quantitative estimate of drug-likeness (QED) is 0.594. The third kappa shape index (κ3) is 2.07. The van der Waals surface area contributed by atoms with Crippen LogP contribution < -0.4 is 0 Å². The maximum Gasteiger partial charge on any atom is 0.208 e. The lowest BCUT2D eigenvalue weighted by molar-refractivity contribution is 0.292. The van der Waals surface area contributed by atoms with Crippen molar-refractivity contribution < 1.29 is 4.74 Å². The van der Waals surface area contributed by atoms with Gasteiger partial charge in [0.15, 0.2) is 0 Å². The van der Waals surface area contributed by atoms with Crippen LogP contribution in [0.4, 0.5) is 0 Å². The molecular weight excluding hydrogens is 138 g/mol. The van der Waals surface area contributed by atoms with Gasteiger partial charge in [-0.3, -0.25) is 0 Å². The molecule has 0 aromatic carbocycles. The van der Waals surface area contributed by atoms with Crippen LogP contribution in [0.5, 0.6) is 0 Å². The van der Waals surface area contributed by atoms with E-state index < -0.39 is 0 Å². The molecule has 0 spiro atoms. The van der Waals surface area contributed by atoms with Crippen molar-refractivity contribution in [3.8, 4) is 0 Å². The Morgan fingerprint density at radius 2 is 2.36 bits per heavy atom. The van der Waals surface area contributed by atoms with Crippen LogP contribution in [0.15, 0.2) is 17.1 Å². The summed E-state index contributed by atoms with van der Waals surface area (Å²) in [6, 6.07) is 0.362. The van der Waals surface area contributed by atoms with Gasteiger partial charge in [0.1, 0.15) is 6.61 Å². The lowest BCUT2D eigenvalue weighted by atomic mass is 10.1. The summed E-state index contributed by atoms with van der Waals surface area (Å²) in [5, 5.41) is 0. The van der Waals surface area contributed by atoms with Gasteiger partial charge in [-0.1, -0.05) is 19.9 Å². The molecule has 0 aromatic rings. The number of nitrogens with zero attached hydrogens (tertiary/aromatic N) is 1. The topological polar surface area (TPSA) is 21.6 Å². The van der Waals surface area contributed by atoms with E-state index in [1.54, 1.807) is 0 Å². The van der Waals surface area contributed by atoms with Gasteiger partial charge in [-0.05, 0) is 18.9 Å². The summed E-state index contributed by atoms with van der Waals surface area (Å²) < 4.78 is 5.33. The molecule has 1 aliphatic rings. The lowest BCUT2D eigenvalue weighted by Crippen LogP contribution is -2.13. The number of rotatable bonds is 2. The average Bonchev–Trinajstić information content (AvgIpc) is 2.37. The van der Waals surface area contributed by atoms with Crippen molar-refractivity contribution in [2.75, 3.05) is 6.61 Å². The monoisotopic (exact) mass is 153 g/mol. The first-order chi connectivity index (χ1) is 5.24. The SMILES string of the molecule is C/C=C/C1=N[C@@H](C(C)C)CO1. The number of allylic oxidation sites excluding steroid dienone is 1. The molecule has 0 amide bonds. The minimum Gasteiger partial charge on any atom is -0.476 e. The molecule has 1 atom stereocenters. The maximum absolute atomic E-state index is 5.33. The summed E-state index contributed by atoms with van der Waals surface area (Å²) >= 11 is 0. The van der Waals surface area contributed by atoms with E-state index in [2.05, 4.69) is 18.8 Å². The predicted molar refractivity (Wildman–Crippen MR) is 46.8 cm³/mol. The fourth-order valence-corrected chi connectivity index (χ4v) is 0.984. The van der Waals surface area contributed by atoms with Gasteiger partial charge < -0.3 is 4.74 Å². The van der Waals surface area contributed by atoms with Crippen LogP contribution in [0, 0.1) is 5.92 Å². The van der Waals surface area contributed by atoms with Crippen LogP contribution in [-0.4, -0.2) is 18.5 Å². The summed E-state index contributed by atoms with van der Waals surface area (Å²) in [6.45, 7) is 7.04. The normalized spacial score (nSPS) is 24.4. The van der Waals surface area contributed by atoms with Crippen molar-refractivity contribution in [1.82, 2.24) is 0 Å². The van der Waals surface area contributed by atoms with Crippen LogP contribution >= 0.6 is 0 Å². The Bertz CT molecular complexity index is 182. The number of hydrogen-bond acceptors (Lipinski definition) is 2. The van der Waals surface area contributed by atoms with Gasteiger partial charge in [0.05, 0.1) is 6.04 Å². The van der Waals surface area contributed by atoms with Crippen molar-refractivity contribution in [2.45, 2.75) is 26.8 Å². The molecule has 62 valence electrons. The Labute approximate surface area is 68.0 Å². The van der Waals surface area contributed by atoms with E-state index in [0.717, 1.165) is 12.5 Å². The molecular formula is C9H15NO.